The van der Waals surface area contributed by atoms with Gasteiger partial charge in [0.1, 0.15) is 5.52 Å². The lowest BCUT2D eigenvalue weighted by Gasteiger charge is -2.06. The van der Waals surface area contributed by atoms with Crippen molar-refractivity contribution in [3.8, 4) is 0 Å². The third kappa shape index (κ3) is 2.02. The maximum atomic E-state index is 13.9. The first kappa shape index (κ1) is 12.6. The van der Waals surface area contributed by atoms with Crippen molar-refractivity contribution in [2.45, 2.75) is 6.54 Å². The number of nitrogen functional groups attached to an aromatic ring is 1. The van der Waals surface area contributed by atoms with Gasteiger partial charge in [-0.2, -0.15) is 0 Å². The minimum atomic E-state index is -0.922. The second-order valence-corrected chi connectivity index (χ2v) is 5.83. The van der Waals surface area contributed by atoms with Crippen LogP contribution in [0.5, 0.6) is 0 Å². The van der Waals surface area contributed by atoms with Gasteiger partial charge < -0.3 is 10.3 Å². The zero-order valence-electron chi connectivity index (χ0n) is 9.53. The van der Waals surface area contributed by atoms with Crippen LogP contribution in [0.4, 0.5) is 14.7 Å². The Hall–Kier alpha value is -1.47. The second kappa shape index (κ2) is 4.57. The van der Waals surface area contributed by atoms with Crippen LogP contribution in [-0.2, 0) is 6.54 Å². The van der Waals surface area contributed by atoms with Gasteiger partial charge in [-0.15, -0.1) is 11.3 Å². The minimum Gasteiger partial charge on any atom is -0.369 e. The Morgan fingerprint density at radius 3 is 2.79 bits per heavy atom. The van der Waals surface area contributed by atoms with Crippen molar-refractivity contribution in [1.82, 2.24) is 9.55 Å². The summed E-state index contributed by atoms with van der Waals surface area (Å²) < 4.78 is 29.6. The van der Waals surface area contributed by atoms with E-state index in [1.165, 1.54) is 22.0 Å². The van der Waals surface area contributed by atoms with Gasteiger partial charge in [0.25, 0.3) is 0 Å². The fraction of sp³-hybridized carbons (Fsp3) is 0.0833. The molecule has 98 valence electrons. The van der Waals surface area contributed by atoms with E-state index in [2.05, 4.69) is 20.9 Å². The van der Waals surface area contributed by atoms with Crippen LogP contribution >= 0.6 is 27.3 Å². The number of anilines is 1. The molecule has 0 atom stereocenters. The van der Waals surface area contributed by atoms with Crippen molar-refractivity contribution in [3.63, 3.8) is 0 Å². The highest BCUT2D eigenvalue weighted by molar-refractivity contribution is 9.10. The third-order valence-corrected chi connectivity index (χ3v) is 4.73. The minimum absolute atomic E-state index is 0.0952. The lowest BCUT2D eigenvalue weighted by molar-refractivity contribution is 0.512. The van der Waals surface area contributed by atoms with Crippen LogP contribution in [0.25, 0.3) is 11.0 Å². The number of imidazole rings is 1. The molecule has 3 rings (SSSR count). The molecule has 2 N–H and O–H groups in total. The molecule has 0 aliphatic heterocycles. The van der Waals surface area contributed by atoms with Gasteiger partial charge in [-0.3, -0.25) is 0 Å². The molecule has 0 saturated heterocycles. The third-order valence-electron chi connectivity index (χ3n) is 2.82. The quantitative estimate of drug-likeness (QED) is 0.769. The number of nitrogens with two attached hydrogens (primary N) is 1. The highest BCUT2D eigenvalue weighted by Crippen LogP contribution is 2.28. The van der Waals surface area contributed by atoms with Crippen LogP contribution in [0.1, 0.15) is 4.88 Å². The first-order valence-corrected chi connectivity index (χ1v) is 7.06. The van der Waals surface area contributed by atoms with Gasteiger partial charge >= 0.3 is 0 Å². The lowest BCUT2D eigenvalue weighted by atomic mass is 10.3. The summed E-state index contributed by atoms with van der Waals surface area (Å²) in [6.45, 7) is 0.348. The van der Waals surface area contributed by atoms with Gasteiger partial charge in [0.05, 0.1) is 12.1 Å². The normalized spacial score (nSPS) is 11.3. The topological polar surface area (TPSA) is 43.8 Å². The number of hydrogen-bond acceptors (Lipinski definition) is 3. The summed E-state index contributed by atoms with van der Waals surface area (Å²) in [5.41, 5.74) is 6.24. The van der Waals surface area contributed by atoms with E-state index in [1.54, 1.807) is 0 Å². The van der Waals surface area contributed by atoms with E-state index in [4.69, 9.17) is 5.73 Å². The van der Waals surface area contributed by atoms with E-state index in [0.717, 1.165) is 15.4 Å². The lowest BCUT2D eigenvalue weighted by Crippen LogP contribution is -2.05. The molecule has 0 fully saturated rings. The molecule has 0 unspecified atom stereocenters. The Balaban J connectivity index is 2.20. The molecule has 0 aliphatic carbocycles. The Kier molecular flexibility index (Phi) is 3.02. The van der Waals surface area contributed by atoms with Crippen LogP contribution in [0.3, 0.4) is 0 Å². The molecule has 3 nitrogen and oxygen atoms in total. The molecule has 0 aliphatic rings. The number of thiophene rings is 1. The average molecular weight is 344 g/mol. The van der Waals surface area contributed by atoms with E-state index in [9.17, 15) is 8.78 Å². The highest BCUT2D eigenvalue weighted by atomic mass is 79.9. The summed E-state index contributed by atoms with van der Waals surface area (Å²) in [4.78, 5) is 5.02. The molecule has 2 heterocycles. The van der Waals surface area contributed by atoms with Crippen LogP contribution in [-0.4, -0.2) is 9.55 Å². The summed E-state index contributed by atoms with van der Waals surface area (Å²) in [6, 6.07) is 4.37. The molecule has 0 amide bonds. The van der Waals surface area contributed by atoms with Crippen LogP contribution in [0.2, 0.25) is 0 Å². The van der Waals surface area contributed by atoms with Crippen LogP contribution < -0.4 is 5.73 Å². The van der Waals surface area contributed by atoms with E-state index in [-0.39, 0.29) is 11.5 Å². The predicted molar refractivity (Wildman–Crippen MR) is 75.2 cm³/mol. The number of benzene rings is 1. The van der Waals surface area contributed by atoms with Crippen LogP contribution in [0, 0.1) is 11.6 Å². The molecule has 3 aromatic rings. The van der Waals surface area contributed by atoms with Crippen molar-refractivity contribution < 1.29 is 8.78 Å². The molecule has 7 heteroatoms. The predicted octanol–water partition coefficient (Wildman–Crippen LogP) is 3.77. The fourth-order valence-corrected chi connectivity index (χ4v) is 3.38. The molecule has 19 heavy (non-hydrogen) atoms. The standard InChI is InChI=1S/C12H8BrF2N3S/c13-6-3-4-19-9(6)5-18-11-8(17-12(18)16)2-1-7(14)10(11)15/h1-4H,5H2,(H2,16,17). The fourth-order valence-electron chi connectivity index (χ4n) is 1.92. The van der Waals surface area contributed by atoms with E-state index in [0.29, 0.717) is 12.1 Å². The number of fused-ring (bicyclic) bond motifs is 1. The Labute approximate surface area is 119 Å². The van der Waals surface area contributed by atoms with Crippen molar-refractivity contribution in [2.24, 2.45) is 0 Å². The largest absolute Gasteiger partial charge is 0.369 e. The zero-order chi connectivity index (χ0) is 13.6. The van der Waals surface area contributed by atoms with Gasteiger partial charge in [0, 0.05) is 9.35 Å². The smallest absolute Gasteiger partial charge is 0.201 e. The van der Waals surface area contributed by atoms with Gasteiger partial charge in [-0.05, 0) is 39.5 Å². The number of halogens is 3. The molecule has 0 bridgehead atoms. The Bertz CT molecular complexity index is 766. The van der Waals surface area contributed by atoms with Crippen LogP contribution in [0.15, 0.2) is 28.1 Å². The Morgan fingerprint density at radius 1 is 1.32 bits per heavy atom. The van der Waals surface area contributed by atoms with E-state index < -0.39 is 11.6 Å². The van der Waals surface area contributed by atoms with Crippen molar-refractivity contribution in [1.29, 1.82) is 0 Å². The SMILES string of the molecule is Nc1nc2ccc(F)c(F)c2n1Cc1sccc1Br. The van der Waals surface area contributed by atoms with Gasteiger partial charge in [-0.25, -0.2) is 13.8 Å². The van der Waals surface area contributed by atoms with Crippen molar-refractivity contribution >= 4 is 44.2 Å². The summed E-state index contributed by atoms with van der Waals surface area (Å²) in [7, 11) is 0. The van der Waals surface area contributed by atoms with Crippen molar-refractivity contribution in [3.05, 3.63) is 44.6 Å². The number of hydrogen-bond donors (Lipinski definition) is 1. The van der Waals surface area contributed by atoms with E-state index in [1.807, 2.05) is 11.4 Å². The van der Waals surface area contributed by atoms with E-state index >= 15 is 0 Å². The van der Waals surface area contributed by atoms with Gasteiger partial charge in [0.15, 0.2) is 11.6 Å². The zero-order valence-corrected chi connectivity index (χ0v) is 11.9. The molecular formula is C12H8BrF2N3S. The van der Waals surface area contributed by atoms with Gasteiger partial charge in [-0.1, -0.05) is 0 Å². The summed E-state index contributed by atoms with van der Waals surface area (Å²) in [6.07, 6.45) is 0. The molecule has 0 radical (unpaired) electrons. The molecule has 1 aromatic carbocycles. The summed E-state index contributed by atoms with van der Waals surface area (Å²) in [5.74, 6) is -1.66. The highest BCUT2D eigenvalue weighted by Gasteiger charge is 2.17. The first-order chi connectivity index (χ1) is 9.08. The van der Waals surface area contributed by atoms with Crippen molar-refractivity contribution in [2.75, 3.05) is 5.73 Å². The van der Waals surface area contributed by atoms with Gasteiger partial charge in [0.2, 0.25) is 5.95 Å². The molecule has 0 saturated carbocycles. The summed E-state index contributed by atoms with van der Waals surface area (Å²) in [5, 5.41) is 1.91. The molecule has 0 spiro atoms. The number of nitrogens with zero attached hydrogens (tertiary/aromatic N) is 2. The molecular weight excluding hydrogens is 336 g/mol. The average Bonchev–Trinajstić information content (AvgIpc) is 2.91. The number of aromatic nitrogens is 2. The number of rotatable bonds is 2. The first-order valence-electron chi connectivity index (χ1n) is 5.39. The maximum absolute atomic E-state index is 13.9. The maximum Gasteiger partial charge on any atom is 0.201 e. The second-order valence-electron chi connectivity index (χ2n) is 3.98. The summed E-state index contributed by atoms with van der Waals surface area (Å²) >= 11 is 4.91. The Morgan fingerprint density at radius 2 is 2.11 bits per heavy atom. The monoisotopic (exact) mass is 343 g/mol. The molecule has 2 aromatic heterocycles.